The van der Waals surface area contributed by atoms with Crippen molar-refractivity contribution in [1.82, 2.24) is 0 Å². The lowest BCUT2D eigenvalue weighted by atomic mass is 10.0. The molecule has 102 valence electrons. The highest BCUT2D eigenvalue weighted by Crippen LogP contribution is 2.35. The van der Waals surface area contributed by atoms with E-state index in [0.717, 1.165) is 27.3 Å². The molecule has 0 amide bonds. The molecule has 0 fully saturated rings. The van der Waals surface area contributed by atoms with Crippen molar-refractivity contribution < 1.29 is 9.53 Å². The van der Waals surface area contributed by atoms with Crippen LogP contribution in [0, 0.1) is 13.8 Å². The minimum absolute atomic E-state index is 0.0683. The van der Waals surface area contributed by atoms with Gasteiger partial charge < -0.3 is 4.74 Å². The molecule has 0 N–H and O–H groups in total. The van der Waals surface area contributed by atoms with Crippen LogP contribution < -0.4 is 4.74 Å². The summed E-state index contributed by atoms with van der Waals surface area (Å²) in [5.41, 5.74) is 2.96. The van der Waals surface area contributed by atoms with Crippen molar-refractivity contribution in [1.29, 1.82) is 0 Å². The Morgan fingerprint density at radius 2 is 1.85 bits per heavy atom. The number of Topliss-reactive ketones (excluding diaryl/α,β-unsaturated/α-hetero) is 1. The highest BCUT2D eigenvalue weighted by Gasteiger charge is 2.27. The fourth-order valence-electron chi connectivity index (χ4n) is 2.45. The van der Waals surface area contributed by atoms with Gasteiger partial charge in [-0.1, -0.05) is 29.3 Å². The number of para-hydroxylation sites is 1. The highest BCUT2D eigenvalue weighted by atomic mass is 32.2. The Balaban J connectivity index is 1.86. The smallest absolute Gasteiger partial charge is 0.204 e. The summed E-state index contributed by atoms with van der Waals surface area (Å²) in [5, 5.41) is 0. The Kier molecular flexibility index (Phi) is 3.53. The Morgan fingerprint density at radius 1 is 1.15 bits per heavy atom. The zero-order valence-corrected chi connectivity index (χ0v) is 12.4. The van der Waals surface area contributed by atoms with Crippen LogP contribution in [-0.4, -0.2) is 17.6 Å². The number of aryl methyl sites for hydroxylation is 2. The standard InChI is InChI=1S/C17H16O2S/c1-11-7-12(2)9-13(8-11)17(18)15-10-20-16-6-4-3-5-14(16)19-15/h3-9,15H,10H2,1-2H3. The number of carbonyl (C=O) groups excluding carboxylic acids is 1. The van der Waals surface area contributed by atoms with E-state index in [4.69, 9.17) is 4.74 Å². The fraction of sp³-hybridized carbons (Fsp3) is 0.235. The molecule has 1 heterocycles. The van der Waals surface area contributed by atoms with Gasteiger partial charge >= 0.3 is 0 Å². The van der Waals surface area contributed by atoms with Gasteiger partial charge in [0.25, 0.3) is 0 Å². The van der Waals surface area contributed by atoms with Gasteiger partial charge in [0.1, 0.15) is 5.75 Å². The summed E-state index contributed by atoms with van der Waals surface area (Å²) in [4.78, 5) is 13.7. The van der Waals surface area contributed by atoms with Crippen LogP contribution in [0.25, 0.3) is 0 Å². The Hall–Kier alpha value is -1.74. The molecule has 0 saturated heterocycles. The molecule has 0 aromatic heterocycles. The monoisotopic (exact) mass is 284 g/mol. The summed E-state index contributed by atoms with van der Waals surface area (Å²) in [6, 6.07) is 13.8. The van der Waals surface area contributed by atoms with Crippen LogP contribution in [0.4, 0.5) is 0 Å². The van der Waals surface area contributed by atoms with E-state index in [1.54, 1.807) is 11.8 Å². The van der Waals surface area contributed by atoms with Crippen LogP contribution in [-0.2, 0) is 0 Å². The second-order valence-electron chi connectivity index (χ2n) is 5.10. The van der Waals surface area contributed by atoms with Crippen LogP contribution in [0.15, 0.2) is 47.4 Å². The maximum atomic E-state index is 12.6. The first-order valence-corrected chi connectivity index (χ1v) is 7.63. The van der Waals surface area contributed by atoms with E-state index >= 15 is 0 Å². The summed E-state index contributed by atoms with van der Waals surface area (Å²) in [5.74, 6) is 1.55. The highest BCUT2D eigenvalue weighted by molar-refractivity contribution is 7.99. The van der Waals surface area contributed by atoms with E-state index in [-0.39, 0.29) is 5.78 Å². The second kappa shape index (κ2) is 5.33. The minimum atomic E-state index is -0.393. The van der Waals surface area contributed by atoms with Crippen LogP contribution >= 0.6 is 11.8 Å². The van der Waals surface area contributed by atoms with E-state index in [1.165, 1.54) is 0 Å². The van der Waals surface area contributed by atoms with Crippen molar-refractivity contribution in [3.05, 3.63) is 59.2 Å². The van der Waals surface area contributed by atoms with Gasteiger partial charge in [-0.05, 0) is 38.1 Å². The quantitative estimate of drug-likeness (QED) is 0.779. The summed E-state index contributed by atoms with van der Waals surface area (Å²) in [6.07, 6.45) is -0.393. The van der Waals surface area contributed by atoms with E-state index in [9.17, 15) is 4.79 Å². The van der Waals surface area contributed by atoms with E-state index in [1.807, 2.05) is 50.2 Å². The van der Waals surface area contributed by atoms with Crippen LogP contribution in [0.2, 0.25) is 0 Å². The molecule has 0 radical (unpaired) electrons. The van der Waals surface area contributed by atoms with Gasteiger partial charge in [0.2, 0.25) is 5.78 Å². The zero-order valence-electron chi connectivity index (χ0n) is 11.6. The van der Waals surface area contributed by atoms with Crippen molar-refractivity contribution in [3.63, 3.8) is 0 Å². The topological polar surface area (TPSA) is 26.3 Å². The molecule has 3 heteroatoms. The average molecular weight is 284 g/mol. The van der Waals surface area contributed by atoms with Crippen molar-refractivity contribution in [2.45, 2.75) is 24.8 Å². The van der Waals surface area contributed by atoms with Crippen LogP contribution in [0.3, 0.4) is 0 Å². The molecule has 0 bridgehead atoms. The maximum absolute atomic E-state index is 12.6. The predicted molar refractivity (Wildman–Crippen MR) is 81.8 cm³/mol. The van der Waals surface area contributed by atoms with Crippen molar-refractivity contribution in [3.8, 4) is 5.75 Å². The molecule has 1 aliphatic heterocycles. The fourth-order valence-corrected chi connectivity index (χ4v) is 3.44. The third-order valence-electron chi connectivity index (χ3n) is 3.31. The normalized spacial score (nSPS) is 17.2. The molecule has 20 heavy (non-hydrogen) atoms. The van der Waals surface area contributed by atoms with Gasteiger partial charge in [-0.2, -0.15) is 0 Å². The molecule has 1 aliphatic rings. The Morgan fingerprint density at radius 3 is 2.60 bits per heavy atom. The number of thioether (sulfide) groups is 1. The third-order valence-corrected chi connectivity index (χ3v) is 4.42. The molecule has 0 spiro atoms. The van der Waals surface area contributed by atoms with Crippen molar-refractivity contribution >= 4 is 17.5 Å². The summed E-state index contributed by atoms with van der Waals surface area (Å²) < 4.78 is 5.86. The average Bonchev–Trinajstić information content (AvgIpc) is 2.45. The first kappa shape index (κ1) is 13.3. The minimum Gasteiger partial charge on any atom is -0.480 e. The van der Waals surface area contributed by atoms with Gasteiger partial charge in [0.15, 0.2) is 6.10 Å². The summed E-state index contributed by atoms with van der Waals surface area (Å²) in [6.45, 7) is 4.02. The molecule has 1 atom stereocenters. The van der Waals surface area contributed by atoms with E-state index < -0.39 is 6.10 Å². The molecular weight excluding hydrogens is 268 g/mol. The molecule has 2 aromatic rings. The zero-order chi connectivity index (χ0) is 14.1. The first-order valence-electron chi connectivity index (χ1n) is 6.64. The molecule has 1 unspecified atom stereocenters. The second-order valence-corrected chi connectivity index (χ2v) is 6.17. The molecular formula is C17H16O2S. The molecule has 3 rings (SSSR count). The van der Waals surface area contributed by atoms with Gasteiger partial charge in [0.05, 0.1) is 0 Å². The van der Waals surface area contributed by atoms with E-state index in [0.29, 0.717) is 5.75 Å². The predicted octanol–water partition coefficient (Wildman–Crippen LogP) is 4.04. The van der Waals surface area contributed by atoms with Crippen LogP contribution in [0.5, 0.6) is 5.75 Å². The molecule has 0 saturated carbocycles. The maximum Gasteiger partial charge on any atom is 0.204 e. The molecule has 2 aromatic carbocycles. The number of hydrogen-bond donors (Lipinski definition) is 0. The van der Waals surface area contributed by atoms with Gasteiger partial charge in [-0.25, -0.2) is 0 Å². The van der Waals surface area contributed by atoms with Gasteiger partial charge in [-0.3, -0.25) is 4.79 Å². The largest absolute Gasteiger partial charge is 0.480 e. The number of carbonyl (C=O) groups is 1. The number of ether oxygens (including phenoxy) is 1. The van der Waals surface area contributed by atoms with E-state index in [2.05, 4.69) is 6.07 Å². The van der Waals surface area contributed by atoms with Gasteiger partial charge in [0, 0.05) is 16.2 Å². The summed E-state index contributed by atoms with van der Waals surface area (Å²) in [7, 11) is 0. The number of benzene rings is 2. The number of rotatable bonds is 2. The molecule has 2 nitrogen and oxygen atoms in total. The third kappa shape index (κ3) is 2.59. The lowest BCUT2D eigenvalue weighted by molar-refractivity contribution is 0.0815. The van der Waals surface area contributed by atoms with Crippen molar-refractivity contribution in [2.24, 2.45) is 0 Å². The number of ketones is 1. The summed E-state index contributed by atoms with van der Waals surface area (Å²) >= 11 is 1.68. The SMILES string of the molecule is Cc1cc(C)cc(C(=O)C2CSc3ccccc3O2)c1. The van der Waals surface area contributed by atoms with Gasteiger partial charge in [-0.15, -0.1) is 11.8 Å². The Labute approximate surface area is 123 Å². The lowest BCUT2D eigenvalue weighted by Gasteiger charge is -2.24. The number of fused-ring (bicyclic) bond motifs is 1. The van der Waals surface area contributed by atoms with Crippen molar-refractivity contribution in [2.75, 3.05) is 5.75 Å². The molecule has 0 aliphatic carbocycles. The van der Waals surface area contributed by atoms with Crippen LogP contribution in [0.1, 0.15) is 21.5 Å². The Bertz CT molecular complexity index is 644. The lowest BCUT2D eigenvalue weighted by Crippen LogP contribution is -2.32. The number of hydrogen-bond acceptors (Lipinski definition) is 3. The first-order chi connectivity index (χ1) is 9.63.